The molecule has 12 aromatic rings. The van der Waals surface area contributed by atoms with Gasteiger partial charge in [-0.25, -0.2) is 0 Å². The summed E-state index contributed by atoms with van der Waals surface area (Å²) in [7, 11) is 0. The summed E-state index contributed by atoms with van der Waals surface area (Å²) in [6.07, 6.45) is 57.2. The first-order valence-electron chi connectivity index (χ1n) is 58.9. The van der Waals surface area contributed by atoms with E-state index in [4.69, 9.17) is 0 Å². The first-order valence-corrected chi connectivity index (χ1v) is 58.9. The number of rotatable bonds is 42. The topological polar surface area (TPSA) is 121 Å². The monoisotopic (exact) mass is 2020 g/mol. The van der Waals surface area contributed by atoms with Crippen molar-refractivity contribution in [2.24, 2.45) is 10.8 Å². The van der Waals surface area contributed by atoms with Gasteiger partial charge in [0.05, 0.1) is 22.0 Å². The molecule has 4 aliphatic carbocycles. The van der Waals surface area contributed by atoms with Crippen LogP contribution >= 0.6 is 0 Å². The van der Waals surface area contributed by atoms with Crippen LogP contribution in [0.4, 0.5) is 0 Å². The molecule has 6 nitrogen and oxygen atoms in total. The number of aliphatic hydroxyl groups is 2. The Balaban J connectivity index is 0.000000357. The number of aromatic hydroxyl groups is 4. The maximum Gasteiger partial charge on any atom is 0.115 e. The maximum atomic E-state index is 9.85. The van der Waals surface area contributed by atoms with E-state index in [1.807, 2.05) is 132 Å². The standard InChI is InChI=1S/2C25H18O2.2C15H32.2C14H30O.2C13H10.4C2H6.CH4/c2*26-19-13-9-17(10-14-19)25(18-11-15-20(27)16-12-18)23-7-3-1-5-21(23)22-6-2-4-8-24(22)25;2*1-5-6-7-8-9-10-11-12-13-14-15(2,3)4;2*1-4-5-6-7-8-9-10-11-12-13-14(2,3)15;2*1-3-7-12-10(5-1)9-11-6-2-4-8-13(11)12;4*1-2;/h2*1-16,26-27H;2*5-14H2,1-4H3;2*15H,4-13H2,1-3H3;2*1-8H,9H2;4*1-2H3;1H4. The Kier molecular flexibility index (Phi) is 64.3. The van der Waals surface area contributed by atoms with Crippen molar-refractivity contribution in [2.45, 2.75) is 451 Å². The number of hydrogen-bond donors (Lipinski definition) is 6. The molecule has 0 saturated heterocycles. The SMILES string of the molecule is C.CC.CC.CC.CC.CCCCCCCCCCCC(C)(C)C.CCCCCCCCCCCC(C)(C)C.CCCCCCCCCCCC(C)(C)O.CCCCCCCCCCCC(C)(C)O.Oc1ccc(C2(c3ccc(O)cc3)c3ccccc3-c3ccccc32)cc1.Oc1ccc(C2(c3ccc(O)cc3)c3ccccc3-c3ccccc32)cc1.c1ccc2c(c1)Cc1ccccc1-2.c1ccc2c(c1)Cc1ccccc1-2. The van der Waals surface area contributed by atoms with Crippen LogP contribution in [0, 0.1) is 10.8 Å². The van der Waals surface area contributed by atoms with E-state index in [-0.39, 0.29) is 30.4 Å². The third-order valence-electron chi connectivity index (χ3n) is 28.4. The summed E-state index contributed by atoms with van der Waals surface area (Å²) in [5.41, 5.74) is 24.8. The summed E-state index contributed by atoms with van der Waals surface area (Å²) in [4.78, 5) is 0. The van der Waals surface area contributed by atoms with Gasteiger partial charge in [0.2, 0.25) is 0 Å². The quantitative estimate of drug-likeness (QED) is 0.0212. The van der Waals surface area contributed by atoms with Gasteiger partial charge < -0.3 is 30.6 Å². The van der Waals surface area contributed by atoms with Crippen LogP contribution in [-0.2, 0) is 23.7 Å². The fraction of sp³-hybridized carbons (Fsp3) is 0.497. The molecule has 816 valence electrons. The van der Waals surface area contributed by atoms with Gasteiger partial charge in [-0.2, -0.15) is 0 Å². The summed E-state index contributed by atoms with van der Waals surface area (Å²) < 4.78 is 0. The zero-order valence-electron chi connectivity index (χ0n) is 97.1. The average Bonchev–Trinajstić information content (AvgIpc) is 1.55. The molecule has 0 heterocycles. The molecule has 0 aromatic heterocycles. The lowest BCUT2D eigenvalue weighted by Crippen LogP contribution is -2.28. The van der Waals surface area contributed by atoms with Gasteiger partial charge >= 0.3 is 0 Å². The molecular formula is C143H208O6. The molecule has 0 saturated carbocycles. The van der Waals surface area contributed by atoms with Crippen molar-refractivity contribution in [3.63, 3.8) is 0 Å². The summed E-state index contributed by atoms with van der Waals surface area (Å²) in [5.74, 6) is 0.997. The van der Waals surface area contributed by atoms with Crippen LogP contribution in [0.25, 0.3) is 44.5 Å². The van der Waals surface area contributed by atoms with Gasteiger partial charge in [0.1, 0.15) is 23.0 Å². The third-order valence-corrected chi connectivity index (χ3v) is 28.4. The van der Waals surface area contributed by atoms with Gasteiger partial charge in [0.25, 0.3) is 0 Å². The minimum absolute atomic E-state index is 0. The molecule has 6 N–H and O–H groups in total. The first-order chi connectivity index (χ1) is 71.6. The third kappa shape index (κ3) is 44.9. The molecular weight excluding hydrogens is 1810 g/mol. The molecule has 4 aliphatic rings. The summed E-state index contributed by atoms with van der Waals surface area (Å²) in [6, 6.07) is 98.3. The van der Waals surface area contributed by atoms with Gasteiger partial charge in [-0.3, -0.25) is 0 Å². The highest BCUT2D eigenvalue weighted by molar-refractivity contribution is 5.88. The molecule has 0 spiro atoms. The number of hydrogen-bond acceptors (Lipinski definition) is 6. The van der Waals surface area contributed by atoms with Crippen molar-refractivity contribution in [1.29, 1.82) is 0 Å². The molecule has 0 bridgehead atoms. The molecule has 0 atom stereocenters. The van der Waals surface area contributed by atoms with Crippen molar-refractivity contribution in [3.05, 3.63) is 358 Å². The molecule has 0 radical (unpaired) electrons. The highest BCUT2D eigenvalue weighted by Gasteiger charge is 2.48. The number of unbranched alkanes of at least 4 members (excludes halogenated alkanes) is 32. The Bertz CT molecular complexity index is 4750. The van der Waals surface area contributed by atoms with E-state index in [1.54, 1.807) is 48.5 Å². The summed E-state index contributed by atoms with van der Waals surface area (Å²) >= 11 is 0. The van der Waals surface area contributed by atoms with Crippen molar-refractivity contribution in [3.8, 4) is 67.5 Å². The lowest BCUT2D eigenvalue weighted by molar-refractivity contribution is 0.0674. The molecule has 6 heteroatoms. The number of fused-ring (bicyclic) bond motifs is 12. The van der Waals surface area contributed by atoms with Crippen LogP contribution in [0.2, 0.25) is 0 Å². The van der Waals surface area contributed by atoms with Crippen molar-refractivity contribution < 1.29 is 30.6 Å². The van der Waals surface area contributed by atoms with Gasteiger partial charge in [-0.05, 0) is 237 Å². The van der Waals surface area contributed by atoms with Crippen LogP contribution in [0.15, 0.2) is 291 Å². The normalized spacial score (nSPS) is 12.1. The molecule has 0 fully saturated rings. The molecule has 0 unspecified atom stereocenters. The van der Waals surface area contributed by atoms with E-state index in [2.05, 4.69) is 263 Å². The second-order valence-corrected chi connectivity index (χ2v) is 43.9. The van der Waals surface area contributed by atoms with Crippen molar-refractivity contribution in [2.75, 3.05) is 0 Å². The van der Waals surface area contributed by atoms with Crippen LogP contribution < -0.4 is 0 Å². The summed E-state index contributed by atoms with van der Waals surface area (Å²) in [5, 5.41) is 58.4. The second-order valence-electron chi connectivity index (χ2n) is 43.9. The van der Waals surface area contributed by atoms with E-state index < -0.39 is 22.0 Å². The smallest absolute Gasteiger partial charge is 0.115 e. The van der Waals surface area contributed by atoms with Crippen LogP contribution in [-0.4, -0.2) is 41.8 Å². The van der Waals surface area contributed by atoms with Crippen molar-refractivity contribution in [1.82, 2.24) is 0 Å². The highest BCUT2D eigenvalue weighted by Crippen LogP contribution is 2.58. The average molecular weight is 2020 g/mol. The van der Waals surface area contributed by atoms with Gasteiger partial charge in [-0.15, -0.1) is 0 Å². The highest BCUT2D eigenvalue weighted by atomic mass is 16.3. The van der Waals surface area contributed by atoms with Crippen LogP contribution in [0.5, 0.6) is 23.0 Å². The predicted molar refractivity (Wildman–Crippen MR) is 655 cm³/mol. The van der Waals surface area contributed by atoms with E-state index in [1.165, 1.54) is 333 Å². The fourth-order valence-electron chi connectivity index (χ4n) is 20.7. The van der Waals surface area contributed by atoms with Gasteiger partial charge in [0.15, 0.2) is 0 Å². The minimum Gasteiger partial charge on any atom is -0.508 e. The molecule has 16 rings (SSSR count). The maximum absolute atomic E-state index is 9.85. The second kappa shape index (κ2) is 73.1. The Morgan fingerprint density at radius 2 is 0.336 bits per heavy atom. The lowest BCUT2D eigenvalue weighted by atomic mass is 9.68. The summed E-state index contributed by atoms with van der Waals surface area (Å²) in [6.45, 7) is 46.8. The lowest BCUT2D eigenvalue weighted by Gasteiger charge is -2.33. The largest absolute Gasteiger partial charge is 0.508 e. The van der Waals surface area contributed by atoms with E-state index >= 15 is 0 Å². The zero-order chi connectivity index (χ0) is 108. The number of phenols is 4. The van der Waals surface area contributed by atoms with Crippen LogP contribution in [0.1, 0.15) is 483 Å². The molecule has 12 aromatic carbocycles. The van der Waals surface area contributed by atoms with E-state index in [0.717, 1.165) is 47.9 Å². The first kappa shape index (κ1) is 131. The minimum atomic E-state index is -0.491. The Morgan fingerprint density at radius 3 is 0.503 bits per heavy atom. The van der Waals surface area contributed by atoms with E-state index in [0.29, 0.717) is 10.8 Å². The Labute approximate surface area is 912 Å². The zero-order valence-corrected chi connectivity index (χ0v) is 97.1. The molecule has 0 aliphatic heterocycles. The fourth-order valence-corrected chi connectivity index (χ4v) is 20.7. The van der Waals surface area contributed by atoms with Crippen LogP contribution in [0.3, 0.4) is 0 Å². The van der Waals surface area contributed by atoms with E-state index in [9.17, 15) is 30.6 Å². The molecule has 0 amide bonds. The van der Waals surface area contributed by atoms with Gasteiger partial charge in [-0.1, -0.05) is 606 Å². The van der Waals surface area contributed by atoms with Gasteiger partial charge in [0, 0.05) is 0 Å². The Morgan fingerprint density at radius 1 is 0.188 bits per heavy atom. The number of phenolic OH excluding ortho intramolecular Hbond substituents is 4. The predicted octanol–water partition coefficient (Wildman–Crippen LogP) is 43.4. The van der Waals surface area contributed by atoms with Crippen molar-refractivity contribution >= 4 is 0 Å². The Hall–Kier alpha value is -10.2. The molecule has 149 heavy (non-hydrogen) atoms. The number of benzene rings is 12.